The highest BCUT2D eigenvalue weighted by Gasteiger charge is 2.14. The van der Waals surface area contributed by atoms with Crippen molar-refractivity contribution < 1.29 is 9.53 Å². The van der Waals surface area contributed by atoms with Crippen LogP contribution in [0.2, 0.25) is 5.02 Å². The standard InChI is InChI=1S/C32H46ClN3O2S/c1-3-4-5-6-7-8-9-10-11-12-13-16-21-38-31-22-28(19-20-29(31)33)34-32(37)35-30-18-15-14-17-27(30)24-36-23-26(2)39-25-36/h14-15,17-20,22-23H,3-13,16,21,24-25H2,1-2H3,(H2,34,35,37). The molecule has 1 aliphatic heterocycles. The van der Waals surface area contributed by atoms with E-state index in [1.807, 2.05) is 36.0 Å². The van der Waals surface area contributed by atoms with Gasteiger partial charge in [0.1, 0.15) is 5.75 Å². The molecule has 1 aliphatic rings. The van der Waals surface area contributed by atoms with Crippen molar-refractivity contribution in [3.63, 3.8) is 0 Å². The second kappa shape index (κ2) is 18.1. The van der Waals surface area contributed by atoms with Crippen LogP contribution in [0, 0.1) is 0 Å². The largest absolute Gasteiger partial charge is 0.492 e. The molecular weight excluding hydrogens is 526 g/mol. The number of benzene rings is 2. The molecule has 0 fully saturated rings. The predicted octanol–water partition coefficient (Wildman–Crippen LogP) is 10.4. The average Bonchev–Trinajstić information content (AvgIpc) is 3.34. The summed E-state index contributed by atoms with van der Waals surface area (Å²) in [5, 5.41) is 6.47. The van der Waals surface area contributed by atoms with Gasteiger partial charge in [-0.3, -0.25) is 0 Å². The van der Waals surface area contributed by atoms with Gasteiger partial charge in [-0.1, -0.05) is 107 Å². The first kappa shape index (κ1) is 31.2. The quantitative estimate of drug-likeness (QED) is 0.175. The number of hydrogen-bond donors (Lipinski definition) is 2. The van der Waals surface area contributed by atoms with Crippen LogP contribution in [-0.2, 0) is 6.54 Å². The van der Waals surface area contributed by atoms with Crippen LogP contribution in [-0.4, -0.2) is 23.4 Å². The Labute approximate surface area is 245 Å². The van der Waals surface area contributed by atoms with Crippen molar-refractivity contribution in [1.82, 2.24) is 4.90 Å². The first-order valence-corrected chi connectivity index (χ1v) is 16.0. The van der Waals surface area contributed by atoms with E-state index < -0.39 is 0 Å². The molecule has 2 amide bonds. The van der Waals surface area contributed by atoms with E-state index >= 15 is 0 Å². The maximum absolute atomic E-state index is 12.8. The molecule has 0 unspecified atom stereocenters. The van der Waals surface area contributed by atoms with Crippen LogP contribution < -0.4 is 15.4 Å². The van der Waals surface area contributed by atoms with Crippen LogP contribution in [0.3, 0.4) is 0 Å². The van der Waals surface area contributed by atoms with Gasteiger partial charge in [0.05, 0.1) is 17.5 Å². The van der Waals surface area contributed by atoms with Gasteiger partial charge in [0.15, 0.2) is 0 Å². The second-order valence-corrected chi connectivity index (χ2v) is 12.0. The van der Waals surface area contributed by atoms with Crippen LogP contribution in [0.25, 0.3) is 0 Å². The predicted molar refractivity (Wildman–Crippen MR) is 169 cm³/mol. The van der Waals surface area contributed by atoms with Gasteiger partial charge in [0.2, 0.25) is 0 Å². The molecule has 1 heterocycles. The number of unbranched alkanes of at least 4 members (excludes halogenated alkanes) is 11. The molecule has 39 heavy (non-hydrogen) atoms. The number of halogens is 1. The van der Waals surface area contributed by atoms with Crippen molar-refractivity contribution in [2.24, 2.45) is 0 Å². The van der Waals surface area contributed by atoms with E-state index in [0.29, 0.717) is 23.1 Å². The van der Waals surface area contributed by atoms with Gasteiger partial charge in [0, 0.05) is 30.2 Å². The smallest absolute Gasteiger partial charge is 0.323 e. The molecule has 2 aromatic rings. The number of carbonyl (C=O) groups excluding carboxylic acids is 1. The Bertz CT molecular complexity index is 1050. The fraction of sp³-hybridized carbons (Fsp3) is 0.531. The van der Waals surface area contributed by atoms with Crippen molar-refractivity contribution in [2.75, 3.05) is 23.1 Å². The molecule has 0 bridgehead atoms. The number of amides is 2. The second-order valence-electron chi connectivity index (χ2n) is 10.4. The zero-order valence-corrected chi connectivity index (χ0v) is 25.3. The normalized spacial score (nSPS) is 12.9. The summed E-state index contributed by atoms with van der Waals surface area (Å²) in [7, 11) is 0. The highest BCUT2D eigenvalue weighted by molar-refractivity contribution is 8.03. The minimum absolute atomic E-state index is 0.292. The molecule has 3 rings (SSSR count). The van der Waals surface area contributed by atoms with Crippen LogP contribution >= 0.6 is 23.4 Å². The van der Waals surface area contributed by atoms with E-state index in [2.05, 4.69) is 35.6 Å². The van der Waals surface area contributed by atoms with E-state index in [0.717, 1.165) is 30.1 Å². The summed E-state index contributed by atoms with van der Waals surface area (Å²) in [5.41, 5.74) is 2.52. The molecule has 0 atom stereocenters. The van der Waals surface area contributed by atoms with Crippen molar-refractivity contribution in [3.05, 3.63) is 64.2 Å². The molecule has 5 nitrogen and oxygen atoms in total. The molecular formula is C32H46ClN3O2S. The zero-order chi connectivity index (χ0) is 27.7. The van der Waals surface area contributed by atoms with Crippen molar-refractivity contribution in [1.29, 1.82) is 0 Å². The maximum Gasteiger partial charge on any atom is 0.323 e. The number of nitrogens with zero attached hydrogens (tertiary/aromatic N) is 1. The molecule has 2 aromatic carbocycles. The van der Waals surface area contributed by atoms with Crippen molar-refractivity contribution >= 4 is 40.8 Å². The minimum Gasteiger partial charge on any atom is -0.492 e. The molecule has 214 valence electrons. The van der Waals surface area contributed by atoms with E-state index in [1.165, 1.54) is 75.5 Å². The van der Waals surface area contributed by atoms with E-state index in [9.17, 15) is 4.79 Å². The Hall–Kier alpha value is -2.31. The first-order valence-electron chi connectivity index (χ1n) is 14.7. The Balaban J connectivity index is 1.35. The van der Waals surface area contributed by atoms with Gasteiger partial charge < -0.3 is 20.3 Å². The number of hydrogen-bond acceptors (Lipinski definition) is 4. The fourth-order valence-electron chi connectivity index (χ4n) is 4.71. The molecule has 0 saturated heterocycles. The summed E-state index contributed by atoms with van der Waals surface area (Å²) in [5.74, 6) is 1.53. The SMILES string of the molecule is CCCCCCCCCCCCCCOc1cc(NC(=O)Nc2ccccc2CN2C=C(C)SC2)ccc1Cl. The van der Waals surface area contributed by atoms with E-state index in [1.54, 1.807) is 18.2 Å². The number of rotatable bonds is 18. The highest BCUT2D eigenvalue weighted by atomic mass is 35.5. The van der Waals surface area contributed by atoms with Gasteiger partial charge in [-0.15, -0.1) is 11.8 Å². The third-order valence-corrected chi connectivity index (χ3v) is 8.24. The summed E-state index contributed by atoms with van der Waals surface area (Å²) in [6.07, 6.45) is 17.9. The molecule has 0 radical (unpaired) electrons. The highest BCUT2D eigenvalue weighted by Crippen LogP contribution is 2.29. The third kappa shape index (κ3) is 12.2. The van der Waals surface area contributed by atoms with E-state index in [-0.39, 0.29) is 6.03 Å². The molecule has 0 aromatic heterocycles. The lowest BCUT2D eigenvalue weighted by atomic mass is 10.1. The summed E-state index contributed by atoms with van der Waals surface area (Å²) < 4.78 is 5.95. The molecule has 0 aliphatic carbocycles. The van der Waals surface area contributed by atoms with Gasteiger partial charge in [-0.25, -0.2) is 4.79 Å². The van der Waals surface area contributed by atoms with Crippen LogP contribution in [0.5, 0.6) is 5.75 Å². The summed E-state index contributed by atoms with van der Waals surface area (Å²) in [6, 6.07) is 13.0. The number of anilines is 2. The molecule has 7 heteroatoms. The Morgan fingerprint density at radius 1 is 0.923 bits per heavy atom. The number of thioether (sulfide) groups is 1. The summed E-state index contributed by atoms with van der Waals surface area (Å²) in [6.45, 7) is 5.76. The minimum atomic E-state index is -0.292. The number of allylic oxidation sites excluding steroid dienone is 1. The lowest BCUT2D eigenvalue weighted by Gasteiger charge is -2.18. The Morgan fingerprint density at radius 3 is 2.26 bits per heavy atom. The molecule has 0 saturated carbocycles. The number of nitrogens with one attached hydrogen (secondary N) is 2. The Morgan fingerprint density at radius 2 is 1.59 bits per heavy atom. The van der Waals surface area contributed by atoms with E-state index in [4.69, 9.17) is 16.3 Å². The zero-order valence-electron chi connectivity index (χ0n) is 23.8. The number of carbonyl (C=O) groups is 1. The molecule has 0 spiro atoms. The lowest BCUT2D eigenvalue weighted by Crippen LogP contribution is -2.21. The summed E-state index contributed by atoms with van der Waals surface area (Å²) in [4.78, 5) is 16.3. The number of ether oxygens (including phenoxy) is 1. The third-order valence-electron chi connectivity index (χ3n) is 6.91. The molecule has 2 N–H and O–H groups in total. The topological polar surface area (TPSA) is 53.6 Å². The van der Waals surface area contributed by atoms with Crippen LogP contribution in [0.15, 0.2) is 53.6 Å². The first-order chi connectivity index (χ1) is 19.0. The number of urea groups is 1. The van der Waals surface area contributed by atoms with Gasteiger partial charge in [-0.05, 0) is 42.0 Å². The van der Waals surface area contributed by atoms with Crippen molar-refractivity contribution in [3.8, 4) is 5.75 Å². The summed E-state index contributed by atoms with van der Waals surface area (Å²) >= 11 is 8.19. The maximum atomic E-state index is 12.8. The van der Waals surface area contributed by atoms with Gasteiger partial charge in [0.25, 0.3) is 0 Å². The number of para-hydroxylation sites is 1. The van der Waals surface area contributed by atoms with Gasteiger partial charge >= 0.3 is 6.03 Å². The van der Waals surface area contributed by atoms with Crippen LogP contribution in [0.1, 0.15) is 96.5 Å². The average molecular weight is 572 g/mol. The lowest BCUT2D eigenvalue weighted by molar-refractivity contribution is 0.262. The van der Waals surface area contributed by atoms with Crippen molar-refractivity contribution in [2.45, 2.75) is 97.4 Å². The monoisotopic (exact) mass is 571 g/mol. The Kier molecular flexibility index (Phi) is 14.5. The van der Waals surface area contributed by atoms with Crippen LogP contribution in [0.4, 0.5) is 16.2 Å². The fourth-order valence-corrected chi connectivity index (χ4v) is 5.64. The van der Waals surface area contributed by atoms with Gasteiger partial charge in [-0.2, -0.15) is 0 Å².